The van der Waals surface area contributed by atoms with Crippen molar-refractivity contribution in [3.63, 3.8) is 0 Å². The normalized spacial score (nSPS) is 20.8. The van der Waals surface area contributed by atoms with E-state index in [0.29, 0.717) is 29.1 Å². The molecule has 3 N–H and O–H groups in total. The summed E-state index contributed by atoms with van der Waals surface area (Å²) in [5.74, 6) is 0.361. The van der Waals surface area contributed by atoms with Crippen molar-refractivity contribution < 1.29 is 9.53 Å². The number of carbonyl (C=O) groups excluding carboxylic acids is 1. The third-order valence-electron chi connectivity index (χ3n) is 7.08. The zero-order chi connectivity index (χ0) is 23.5. The molecule has 1 aliphatic rings. The predicted octanol–water partition coefficient (Wildman–Crippen LogP) is 4.35. The number of hydrogen-bond acceptors (Lipinski definition) is 5. The van der Waals surface area contributed by atoms with Gasteiger partial charge in [0.25, 0.3) is 5.91 Å². The minimum Gasteiger partial charge on any atom is -0.480 e. The maximum absolute atomic E-state index is 13.1. The van der Waals surface area contributed by atoms with Crippen LogP contribution < -0.4 is 20.7 Å². The average Bonchev–Trinajstić information content (AvgIpc) is 3.07. The Morgan fingerprint density at radius 3 is 2.59 bits per heavy atom. The van der Waals surface area contributed by atoms with Crippen molar-refractivity contribution in [3.05, 3.63) is 39.5 Å². The summed E-state index contributed by atoms with van der Waals surface area (Å²) < 4.78 is 7.10. The number of aryl methyl sites for hydroxylation is 1. The zero-order valence-corrected chi connectivity index (χ0v) is 20.8. The summed E-state index contributed by atoms with van der Waals surface area (Å²) in [7, 11) is 5.47. The van der Waals surface area contributed by atoms with Crippen LogP contribution in [0.4, 0.5) is 5.69 Å². The Bertz CT molecular complexity index is 964. The van der Waals surface area contributed by atoms with E-state index in [0.717, 1.165) is 54.6 Å². The summed E-state index contributed by atoms with van der Waals surface area (Å²) in [5.41, 5.74) is 4.27. The second-order valence-electron chi connectivity index (χ2n) is 8.83. The first-order valence-electron chi connectivity index (χ1n) is 11.3. The Morgan fingerprint density at radius 1 is 1.31 bits per heavy atom. The van der Waals surface area contributed by atoms with E-state index in [9.17, 15) is 4.79 Å². The molecule has 8 heteroatoms. The van der Waals surface area contributed by atoms with Crippen molar-refractivity contribution in [2.75, 3.05) is 19.5 Å². The lowest BCUT2D eigenvalue weighted by molar-refractivity contribution is 0.0950. The number of methoxy groups -OCH3 is 1. The average molecular weight is 462 g/mol. The molecule has 0 radical (unpaired) electrons. The van der Waals surface area contributed by atoms with Gasteiger partial charge < -0.3 is 20.7 Å². The molecule has 1 saturated carbocycles. The van der Waals surface area contributed by atoms with E-state index >= 15 is 0 Å². The van der Waals surface area contributed by atoms with Crippen molar-refractivity contribution in [2.45, 2.75) is 71.0 Å². The third kappa shape index (κ3) is 5.04. The summed E-state index contributed by atoms with van der Waals surface area (Å²) in [4.78, 5) is 13.1. The summed E-state index contributed by atoms with van der Waals surface area (Å²) in [6.07, 6.45) is 5.47. The Labute approximate surface area is 196 Å². The SMILES string of the molecule is CCC1(Nc2cc(Cl)cc(C(=O)NCc3c(OC)nn(C)c3C)c2C)CCC(NC)CC1. The van der Waals surface area contributed by atoms with Gasteiger partial charge in [0.15, 0.2) is 0 Å². The van der Waals surface area contributed by atoms with Crippen LogP contribution in [-0.2, 0) is 13.6 Å². The number of hydrogen-bond donors (Lipinski definition) is 3. The van der Waals surface area contributed by atoms with Crippen LogP contribution in [0.2, 0.25) is 5.02 Å². The maximum Gasteiger partial charge on any atom is 0.251 e. The quantitative estimate of drug-likeness (QED) is 0.544. The number of carbonyl (C=O) groups is 1. The molecule has 7 nitrogen and oxygen atoms in total. The van der Waals surface area contributed by atoms with Crippen molar-refractivity contribution in [3.8, 4) is 5.88 Å². The fraction of sp³-hybridized carbons (Fsp3) is 0.583. The molecule has 1 heterocycles. The first-order chi connectivity index (χ1) is 15.2. The molecule has 0 aliphatic heterocycles. The first kappa shape index (κ1) is 24.4. The van der Waals surface area contributed by atoms with Gasteiger partial charge in [-0.25, -0.2) is 0 Å². The predicted molar refractivity (Wildman–Crippen MR) is 130 cm³/mol. The van der Waals surface area contributed by atoms with Gasteiger partial charge in [-0.1, -0.05) is 18.5 Å². The number of halogens is 1. The molecular formula is C24H36ClN5O2. The number of rotatable bonds is 8. The summed E-state index contributed by atoms with van der Waals surface area (Å²) >= 11 is 6.45. The van der Waals surface area contributed by atoms with Gasteiger partial charge in [-0.2, -0.15) is 0 Å². The van der Waals surface area contributed by atoms with Gasteiger partial charge in [0, 0.05) is 40.6 Å². The molecule has 0 atom stereocenters. The van der Waals surface area contributed by atoms with Crippen LogP contribution in [0.5, 0.6) is 5.88 Å². The lowest BCUT2D eigenvalue weighted by atomic mass is 9.77. The number of anilines is 1. The highest BCUT2D eigenvalue weighted by Crippen LogP contribution is 2.37. The number of nitrogens with one attached hydrogen (secondary N) is 3. The van der Waals surface area contributed by atoms with Crippen LogP contribution in [0.15, 0.2) is 12.1 Å². The third-order valence-corrected chi connectivity index (χ3v) is 7.30. The molecule has 0 unspecified atom stereocenters. The maximum atomic E-state index is 13.1. The van der Waals surface area contributed by atoms with Crippen molar-refractivity contribution in [1.29, 1.82) is 0 Å². The van der Waals surface area contributed by atoms with Crippen LogP contribution >= 0.6 is 11.6 Å². The molecule has 0 saturated heterocycles. The molecule has 32 heavy (non-hydrogen) atoms. The van der Waals surface area contributed by atoms with Crippen LogP contribution in [-0.4, -0.2) is 41.4 Å². The molecule has 176 valence electrons. The lowest BCUT2D eigenvalue weighted by Gasteiger charge is -2.41. The zero-order valence-electron chi connectivity index (χ0n) is 20.1. The number of amides is 1. The van der Waals surface area contributed by atoms with Crippen molar-refractivity contribution in [1.82, 2.24) is 20.4 Å². The molecular weight excluding hydrogens is 426 g/mol. The number of nitrogens with zero attached hydrogens (tertiary/aromatic N) is 2. The highest BCUT2D eigenvalue weighted by molar-refractivity contribution is 6.31. The minimum atomic E-state index is -0.164. The molecule has 1 aromatic carbocycles. The fourth-order valence-electron chi connectivity index (χ4n) is 4.61. The van der Waals surface area contributed by atoms with Gasteiger partial charge >= 0.3 is 0 Å². The number of ether oxygens (including phenoxy) is 1. The molecule has 2 aromatic rings. The van der Waals surface area contributed by atoms with Gasteiger partial charge in [0.1, 0.15) is 0 Å². The molecule has 1 aliphatic carbocycles. The Balaban J connectivity index is 1.79. The van der Waals surface area contributed by atoms with E-state index in [1.165, 1.54) is 0 Å². The van der Waals surface area contributed by atoms with Crippen molar-refractivity contribution >= 4 is 23.2 Å². The van der Waals surface area contributed by atoms with E-state index in [4.69, 9.17) is 16.3 Å². The van der Waals surface area contributed by atoms with E-state index in [1.54, 1.807) is 17.9 Å². The topological polar surface area (TPSA) is 80.2 Å². The summed E-state index contributed by atoms with van der Waals surface area (Å²) in [5, 5.41) is 15.1. The van der Waals surface area contributed by atoms with Gasteiger partial charge in [0.2, 0.25) is 5.88 Å². The Kier molecular flexibility index (Phi) is 7.72. The largest absolute Gasteiger partial charge is 0.480 e. The monoisotopic (exact) mass is 461 g/mol. The van der Waals surface area contributed by atoms with Crippen LogP contribution in [0, 0.1) is 13.8 Å². The fourth-order valence-corrected chi connectivity index (χ4v) is 4.83. The number of aromatic nitrogens is 2. The van der Waals surface area contributed by atoms with Crippen LogP contribution in [0.25, 0.3) is 0 Å². The molecule has 1 amide bonds. The smallest absolute Gasteiger partial charge is 0.251 e. The van der Waals surface area contributed by atoms with E-state index in [1.807, 2.05) is 34.0 Å². The molecule has 0 bridgehead atoms. The van der Waals surface area contributed by atoms with E-state index in [-0.39, 0.29) is 11.4 Å². The van der Waals surface area contributed by atoms with E-state index < -0.39 is 0 Å². The van der Waals surface area contributed by atoms with Crippen LogP contribution in [0.3, 0.4) is 0 Å². The second-order valence-corrected chi connectivity index (χ2v) is 9.26. The minimum absolute atomic E-state index is 0.0245. The van der Waals surface area contributed by atoms with Gasteiger partial charge in [-0.3, -0.25) is 9.48 Å². The van der Waals surface area contributed by atoms with Gasteiger partial charge in [-0.05, 0) is 70.7 Å². The molecule has 1 fully saturated rings. The number of benzene rings is 1. The van der Waals surface area contributed by atoms with Crippen LogP contribution in [0.1, 0.15) is 66.2 Å². The van der Waals surface area contributed by atoms with Crippen molar-refractivity contribution in [2.24, 2.45) is 7.05 Å². The highest BCUT2D eigenvalue weighted by Gasteiger charge is 2.34. The Hall–Kier alpha value is -2.25. The summed E-state index contributed by atoms with van der Waals surface area (Å²) in [6.45, 7) is 6.49. The standard InChI is InChI=1S/C24H36ClN5O2/c1-7-24(10-8-18(26-4)9-11-24)28-21-13-17(25)12-19(15(21)2)22(31)27-14-20-16(3)30(5)29-23(20)32-6/h12-13,18,26,28H,7-11,14H2,1-6H3,(H,27,31). The molecule has 3 rings (SSSR count). The van der Waals surface area contributed by atoms with E-state index in [2.05, 4.69) is 28.0 Å². The first-order valence-corrected chi connectivity index (χ1v) is 11.7. The summed E-state index contributed by atoms with van der Waals surface area (Å²) in [6, 6.07) is 4.25. The second kappa shape index (κ2) is 10.1. The van der Waals surface area contributed by atoms with Gasteiger partial charge in [-0.15, -0.1) is 5.10 Å². The van der Waals surface area contributed by atoms with Gasteiger partial charge in [0.05, 0.1) is 19.2 Å². The molecule has 1 aromatic heterocycles. The highest BCUT2D eigenvalue weighted by atomic mass is 35.5. The lowest BCUT2D eigenvalue weighted by Crippen LogP contribution is -2.45. The Morgan fingerprint density at radius 2 is 2.00 bits per heavy atom. The molecule has 0 spiro atoms.